The molecule has 2 heterocycles. The number of rotatable bonds is 7. The van der Waals surface area contributed by atoms with Crippen molar-refractivity contribution in [3.63, 3.8) is 0 Å². The first-order valence-corrected chi connectivity index (χ1v) is 13.1. The van der Waals surface area contributed by atoms with Crippen molar-refractivity contribution < 1.29 is 14.4 Å². The van der Waals surface area contributed by atoms with Gasteiger partial charge in [0.2, 0.25) is 11.7 Å². The fourth-order valence-electron chi connectivity index (χ4n) is 5.13. The molecule has 2 aliphatic rings. The topological polar surface area (TPSA) is 151 Å². The van der Waals surface area contributed by atoms with Gasteiger partial charge in [-0.05, 0) is 35.8 Å². The number of carbonyl (C=O) groups is 3. The second kappa shape index (κ2) is 10.4. The van der Waals surface area contributed by atoms with Crippen LogP contribution in [0.2, 0.25) is 0 Å². The number of amides is 3. The number of hydrogen-bond donors (Lipinski definition) is 2. The van der Waals surface area contributed by atoms with E-state index in [2.05, 4.69) is 20.6 Å². The number of benzene rings is 2. The summed E-state index contributed by atoms with van der Waals surface area (Å²) in [4.78, 5) is 42.0. The smallest absolute Gasteiger partial charge is 0.346 e. The Labute approximate surface area is 226 Å². The van der Waals surface area contributed by atoms with Crippen LogP contribution >= 0.6 is 0 Å². The Bertz CT molecular complexity index is 1420. The summed E-state index contributed by atoms with van der Waals surface area (Å²) in [7, 11) is 0. The summed E-state index contributed by atoms with van der Waals surface area (Å²) in [5.74, 6) is -0.429. The highest BCUT2D eigenvalue weighted by atomic mass is 16.2. The number of anilines is 1. The van der Waals surface area contributed by atoms with Crippen LogP contribution in [0.5, 0.6) is 0 Å². The van der Waals surface area contributed by atoms with Crippen LogP contribution < -0.4 is 10.6 Å². The largest absolute Gasteiger partial charge is 0.368 e. The maximum Gasteiger partial charge on any atom is 0.346 e. The van der Waals surface area contributed by atoms with Gasteiger partial charge < -0.3 is 5.73 Å². The van der Waals surface area contributed by atoms with Gasteiger partial charge in [-0.1, -0.05) is 70.0 Å². The van der Waals surface area contributed by atoms with E-state index in [1.54, 1.807) is 24.3 Å². The number of nitrogens with zero attached hydrogens (tertiary/aromatic N) is 6. The zero-order chi connectivity index (χ0) is 27.7. The molecule has 1 fully saturated rings. The van der Waals surface area contributed by atoms with Crippen molar-refractivity contribution in [1.82, 2.24) is 25.6 Å². The highest BCUT2D eigenvalue weighted by Crippen LogP contribution is 2.37. The highest BCUT2D eigenvalue weighted by Gasteiger charge is 2.40. The third-order valence-corrected chi connectivity index (χ3v) is 7.31. The van der Waals surface area contributed by atoms with Gasteiger partial charge in [-0.25, -0.2) is 4.79 Å². The number of hydrogen-bond acceptors (Lipinski definition) is 7. The molecule has 1 aromatic heterocycles. The van der Waals surface area contributed by atoms with E-state index in [4.69, 9.17) is 10.8 Å². The number of para-hydroxylation sites is 1. The predicted octanol–water partition coefficient (Wildman–Crippen LogP) is 3.84. The van der Waals surface area contributed by atoms with E-state index in [0.717, 1.165) is 42.0 Å². The monoisotopic (exact) mass is 528 g/mol. The molecule has 11 heteroatoms. The van der Waals surface area contributed by atoms with Crippen molar-refractivity contribution in [2.75, 3.05) is 11.4 Å². The third-order valence-electron chi connectivity index (χ3n) is 7.31. The Morgan fingerprint density at radius 1 is 1.10 bits per heavy atom. The Kier molecular flexibility index (Phi) is 6.98. The molecular weight excluding hydrogens is 496 g/mol. The number of H-pyrrole nitrogens is 1. The van der Waals surface area contributed by atoms with Gasteiger partial charge >= 0.3 is 6.03 Å². The number of nitrogens with two attached hydrogens (primary N) is 1. The molecular formula is C28H32N8O3. The normalized spacial score (nSPS) is 17.0. The molecule has 1 unspecified atom stereocenters. The van der Waals surface area contributed by atoms with Crippen molar-refractivity contribution in [2.24, 2.45) is 22.2 Å². The molecule has 202 valence electrons. The van der Waals surface area contributed by atoms with Gasteiger partial charge in [-0.15, -0.1) is 10.2 Å². The molecule has 0 bridgehead atoms. The third kappa shape index (κ3) is 5.16. The average Bonchev–Trinajstić information content (AvgIpc) is 3.62. The predicted molar refractivity (Wildman–Crippen MR) is 146 cm³/mol. The molecule has 0 saturated heterocycles. The molecule has 1 saturated carbocycles. The highest BCUT2D eigenvalue weighted by molar-refractivity contribution is 6.13. The summed E-state index contributed by atoms with van der Waals surface area (Å²) in [6.45, 7) is 5.28. The molecule has 3 N–H and O–H groups in total. The maximum absolute atomic E-state index is 14.3. The summed E-state index contributed by atoms with van der Waals surface area (Å²) in [5.41, 5.74) is 8.43. The minimum atomic E-state index is -1.23. The second-order valence-electron chi connectivity index (χ2n) is 11.0. The molecule has 11 nitrogen and oxygen atoms in total. The summed E-state index contributed by atoms with van der Waals surface area (Å²) < 4.78 is 0. The van der Waals surface area contributed by atoms with Gasteiger partial charge in [0.1, 0.15) is 0 Å². The molecule has 1 aliphatic carbocycles. The fourth-order valence-corrected chi connectivity index (χ4v) is 5.13. The summed E-state index contributed by atoms with van der Waals surface area (Å²) in [6.07, 6.45) is 3.95. The number of nitrogens with one attached hydrogen (secondary N) is 1. The lowest BCUT2D eigenvalue weighted by Crippen LogP contribution is -2.48. The molecule has 5 rings (SSSR count). The Hall–Kier alpha value is -4.41. The minimum Gasteiger partial charge on any atom is -0.368 e. The number of primary amides is 1. The lowest BCUT2D eigenvalue weighted by Gasteiger charge is -2.31. The van der Waals surface area contributed by atoms with Crippen molar-refractivity contribution in [3.8, 4) is 11.4 Å². The van der Waals surface area contributed by atoms with Crippen molar-refractivity contribution in [1.29, 1.82) is 0 Å². The van der Waals surface area contributed by atoms with Crippen LogP contribution in [0.25, 0.3) is 11.4 Å². The Balaban J connectivity index is 1.67. The van der Waals surface area contributed by atoms with E-state index < -0.39 is 23.4 Å². The number of fused-ring (bicyclic) bond motifs is 1. The summed E-state index contributed by atoms with van der Waals surface area (Å²) >= 11 is 0. The molecule has 3 aromatic rings. The molecule has 3 amide bonds. The number of ketones is 1. The van der Waals surface area contributed by atoms with Crippen molar-refractivity contribution in [2.45, 2.75) is 52.5 Å². The summed E-state index contributed by atoms with van der Waals surface area (Å²) in [6, 6.07) is 12.6. The number of Topliss-reactive ketones (excluding diaryl/α,β-unsaturated/α-hetero) is 1. The average molecular weight is 529 g/mol. The molecule has 1 atom stereocenters. The second-order valence-corrected chi connectivity index (χ2v) is 11.0. The lowest BCUT2D eigenvalue weighted by atomic mass is 9.90. The number of hydrazone groups is 1. The van der Waals surface area contributed by atoms with Crippen LogP contribution in [0.4, 0.5) is 10.5 Å². The number of aromatic nitrogens is 4. The van der Waals surface area contributed by atoms with E-state index in [1.807, 2.05) is 45.0 Å². The van der Waals surface area contributed by atoms with Crippen LogP contribution in [-0.4, -0.2) is 55.6 Å². The van der Waals surface area contributed by atoms with E-state index >= 15 is 0 Å². The van der Waals surface area contributed by atoms with Gasteiger partial charge in [0.15, 0.2) is 11.8 Å². The number of aromatic amines is 1. The lowest BCUT2D eigenvalue weighted by molar-refractivity contribution is -0.124. The SMILES string of the molecule is CC(C)(C)C(=O)CN1C(=O)N(C(C(N)=O)c2cccc(-c3nn[nH]n3)c2)N=C(C2CCCC2)c2ccccc21. The number of carbonyl (C=O) groups excluding carboxylic acids is 3. The van der Waals surface area contributed by atoms with E-state index in [9.17, 15) is 14.4 Å². The zero-order valence-corrected chi connectivity index (χ0v) is 22.3. The Morgan fingerprint density at radius 3 is 2.51 bits per heavy atom. The van der Waals surface area contributed by atoms with Gasteiger partial charge in [-0.3, -0.25) is 14.5 Å². The first-order valence-electron chi connectivity index (χ1n) is 13.1. The molecule has 1 aliphatic heterocycles. The maximum atomic E-state index is 14.3. The molecule has 0 radical (unpaired) electrons. The number of tetrazole rings is 1. The van der Waals surface area contributed by atoms with Gasteiger partial charge in [-0.2, -0.15) is 15.3 Å². The van der Waals surface area contributed by atoms with Crippen LogP contribution in [0.15, 0.2) is 53.6 Å². The minimum absolute atomic E-state index is 0.110. The summed E-state index contributed by atoms with van der Waals surface area (Å²) in [5, 5.41) is 20.1. The molecule has 0 spiro atoms. The zero-order valence-electron chi connectivity index (χ0n) is 22.3. The van der Waals surface area contributed by atoms with E-state index in [1.165, 1.54) is 4.90 Å². The van der Waals surface area contributed by atoms with Crippen molar-refractivity contribution in [3.05, 3.63) is 59.7 Å². The van der Waals surface area contributed by atoms with Crippen LogP contribution in [0.3, 0.4) is 0 Å². The van der Waals surface area contributed by atoms with E-state index in [0.29, 0.717) is 22.6 Å². The molecule has 39 heavy (non-hydrogen) atoms. The fraction of sp³-hybridized carbons (Fsp3) is 0.393. The standard InChI is InChI=1S/C28H32N8O3/c1-28(2,3)22(37)16-35-21-14-7-6-13-20(21)23(17-9-4-5-10-17)32-36(27(35)39)24(25(29)38)18-11-8-12-19(15-18)26-30-33-34-31-26/h6-8,11-15,17,24H,4-5,9-10,16H2,1-3H3,(H2,29,38)(H,30,31,33,34). The van der Waals surface area contributed by atoms with Crippen LogP contribution in [-0.2, 0) is 9.59 Å². The van der Waals surface area contributed by atoms with Gasteiger partial charge in [0, 0.05) is 22.5 Å². The van der Waals surface area contributed by atoms with Gasteiger partial charge in [0.05, 0.1) is 17.9 Å². The molecule has 2 aromatic carbocycles. The van der Waals surface area contributed by atoms with Crippen LogP contribution in [0, 0.1) is 11.3 Å². The Morgan fingerprint density at radius 2 is 1.85 bits per heavy atom. The van der Waals surface area contributed by atoms with Gasteiger partial charge in [0.25, 0.3) is 0 Å². The number of urea groups is 1. The van der Waals surface area contributed by atoms with E-state index in [-0.39, 0.29) is 18.2 Å². The van der Waals surface area contributed by atoms with Crippen molar-refractivity contribution >= 4 is 29.1 Å². The first-order chi connectivity index (χ1) is 18.6. The first kappa shape index (κ1) is 26.2. The quantitative estimate of drug-likeness (QED) is 0.475. The van der Waals surface area contributed by atoms with Crippen LogP contribution in [0.1, 0.15) is 63.6 Å².